The van der Waals surface area contributed by atoms with Gasteiger partial charge in [0, 0.05) is 31.7 Å². The minimum absolute atomic E-state index is 0. The number of rotatable bonds is 5. The normalized spacial score (nSPS) is 16.0. The van der Waals surface area contributed by atoms with Crippen molar-refractivity contribution in [2.45, 2.75) is 13.0 Å². The molecular weight excluding hydrogens is 351 g/mol. The summed E-state index contributed by atoms with van der Waals surface area (Å²) in [4.78, 5) is 16.2. The van der Waals surface area contributed by atoms with Crippen LogP contribution in [0.4, 0.5) is 5.69 Å². The molecule has 2 heterocycles. The number of halogens is 2. The molecule has 2 aromatic rings. The van der Waals surface area contributed by atoms with Crippen LogP contribution in [0.25, 0.3) is 0 Å². The third-order valence-corrected chi connectivity index (χ3v) is 3.84. The summed E-state index contributed by atoms with van der Waals surface area (Å²) >= 11 is 0. The Morgan fingerprint density at radius 1 is 1.38 bits per heavy atom. The fourth-order valence-corrected chi connectivity index (χ4v) is 2.44. The lowest BCUT2D eigenvalue weighted by Gasteiger charge is -2.11. The van der Waals surface area contributed by atoms with E-state index in [0.717, 1.165) is 36.8 Å². The molecule has 1 unspecified atom stereocenters. The standard InChI is InChI=1S/C16H20N4O2.2ClH/c1-20-9-8-18-15(20)11-22-14-4-2-13(3-5-14)19-16(21)12-6-7-17-10-12;;/h2-5,8-9,12,17H,6-7,10-11H2,1H3,(H,19,21);2*1H. The molecule has 0 spiro atoms. The first-order valence-electron chi connectivity index (χ1n) is 7.43. The van der Waals surface area contributed by atoms with Crippen LogP contribution in [0, 0.1) is 5.92 Å². The van der Waals surface area contributed by atoms with Crippen LogP contribution in [0.2, 0.25) is 0 Å². The SMILES string of the molecule is Cl.Cl.Cn1ccnc1COc1ccc(NC(=O)C2CCNC2)cc1. The lowest BCUT2D eigenvalue weighted by atomic mass is 10.1. The number of anilines is 1. The van der Waals surface area contributed by atoms with Gasteiger partial charge in [-0.2, -0.15) is 0 Å². The van der Waals surface area contributed by atoms with Gasteiger partial charge in [-0.15, -0.1) is 24.8 Å². The van der Waals surface area contributed by atoms with Crippen LogP contribution in [0.1, 0.15) is 12.2 Å². The molecule has 1 atom stereocenters. The van der Waals surface area contributed by atoms with Crippen molar-refractivity contribution in [2.75, 3.05) is 18.4 Å². The molecule has 0 saturated carbocycles. The Labute approximate surface area is 153 Å². The number of benzene rings is 1. The van der Waals surface area contributed by atoms with E-state index in [2.05, 4.69) is 15.6 Å². The van der Waals surface area contributed by atoms with Gasteiger partial charge < -0.3 is 19.9 Å². The van der Waals surface area contributed by atoms with Crippen molar-refractivity contribution in [2.24, 2.45) is 13.0 Å². The highest BCUT2D eigenvalue weighted by Crippen LogP contribution is 2.18. The molecule has 0 aliphatic carbocycles. The number of aryl methyl sites for hydroxylation is 1. The van der Waals surface area contributed by atoms with Crippen molar-refractivity contribution in [3.8, 4) is 5.75 Å². The highest BCUT2D eigenvalue weighted by Gasteiger charge is 2.22. The van der Waals surface area contributed by atoms with Crippen LogP contribution in [0.15, 0.2) is 36.7 Å². The molecule has 6 nitrogen and oxygen atoms in total. The first-order chi connectivity index (χ1) is 10.7. The quantitative estimate of drug-likeness (QED) is 0.845. The number of hydrogen-bond donors (Lipinski definition) is 2. The molecular formula is C16H22Cl2N4O2. The molecule has 24 heavy (non-hydrogen) atoms. The molecule has 0 bridgehead atoms. The minimum Gasteiger partial charge on any atom is -0.486 e. The Morgan fingerprint density at radius 2 is 2.12 bits per heavy atom. The molecule has 8 heteroatoms. The number of nitrogens with zero attached hydrogens (tertiary/aromatic N) is 2. The van der Waals surface area contributed by atoms with Gasteiger partial charge in [-0.3, -0.25) is 4.79 Å². The van der Waals surface area contributed by atoms with Gasteiger partial charge in [0.15, 0.2) is 0 Å². The predicted molar refractivity (Wildman–Crippen MR) is 98.1 cm³/mol. The van der Waals surface area contributed by atoms with Crippen LogP contribution < -0.4 is 15.4 Å². The third-order valence-electron chi connectivity index (χ3n) is 3.84. The summed E-state index contributed by atoms with van der Waals surface area (Å²) in [5.74, 6) is 1.76. The Hall–Kier alpha value is -1.76. The lowest BCUT2D eigenvalue weighted by molar-refractivity contribution is -0.119. The van der Waals surface area contributed by atoms with Gasteiger partial charge in [0.25, 0.3) is 0 Å². The highest BCUT2D eigenvalue weighted by molar-refractivity contribution is 5.92. The summed E-state index contributed by atoms with van der Waals surface area (Å²) in [5, 5.41) is 6.13. The molecule has 1 amide bonds. The van der Waals surface area contributed by atoms with Gasteiger partial charge in [-0.1, -0.05) is 0 Å². The number of aromatic nitrogens is 2. The molecule has 3 rings (SSSR count). The van der Waals surface area contributed by atoms with E-state index in [0.29, 0.717) is 6.61 Å². The fourth-order valence-electron chi connectivity index (χ4n) is 2.44. The molecule has 1 aliphatic rings. The second-order valence-electron chi connectivity index (χ2n) is 5.45. The molecule has 1 fully saturated rings. The third kappa shape index (κ3) is 5.12. The van der Waals surface area contributed by atoms with Crippen molar-refractivity contribution < 1.29 is 9.53 Å². The average molecular weight is 373 g/mol. The summed E-state index contributed by atoms with van der Waals surface area (Å²) in [7, 11) is 1.93. The monoisotopic (exact) mass is 372 g/mol. The van der Waals surface area contributed by atoms with E-state index in [-0.39, 0.29) is 36.6 Å². The second-order valence-corrected chi connectivity index (χ2v) is 5.45. The van der Waals surface area contributed by atoms with Gasteiger partial charge in [0.1, 0.15) is 18.2 Å². The molecule has 1 saturated heterocycles. The Kier molecular flexibility index (Phi) is 8.04. The minimum atomic E-state index is 0. The summed E-state index contributed by atoms with van der Waals surface area (Å²) in [6.45, 7) is 2.09. The number of nitrogens with one attached hydrogen (secondary N) is 2. The van der Waals surface area contributed by atoms with Crippen LogP contribution >= 0.6 is 24.8 Å². The van der Waals surface area contributed by atoms with E-state index in [4.69, 9.17) is 4.74 Å². The summed E-state index contributed by atoms with van der Waals surface area (Å²) in [6, 6.07) is 7.42. The van der Waals surface area contributed by atoms with Gasteiger partial charge in [0.2, 0.25) is 5.91 Å². The van der Waals surface area contributed by atoms with Crippen molar-refractivity contribution in [3.63, 3.8) is 0 Å². The largest absolute Gasteiger partial charge is 0.486 e. The number of carbonyl (C=O) groups excluding carboxylic acids is 1. The predicted octanol–water partition coefficient (Wildman–Crippen LogP) is 2.39. The van der Waals surface area contributed by atoms with E-state index in [1.807, 2.05) is 42.1 Å². The van der Waals surface area contributed by atoms with Crippen LogP contribution in [0.3, 0.4) is 0 Å². The number of imidazole rings is 1. The topological polar surface area (TPSA) is 68.2 Å². The van der Waals surface area contributed by atoms with Crippen LogP contribution in [-0.4, -0.2) is 28.5 Å². The first-order valence-corrected chi connectivity index (χ1v) is 7.43. The fraction of sp³-hybridized carbons (Fsp3) is 0.375. The van der Waals surface area contributed by atoms with Crippen LogP contribution in [0.5, 0.6) is 5.75 Å². The molecule has 1 aliphatic heterocycles. The Bertz CT molecular complexity index is 640. The zero-order chi connectivity index (χ0) is 15.4. The van der Waals surface area contributed by atoms with Crippen molar-refractivity contribution in [3.05, 3.63) is 42.5 Å². The van der Waals surface area contributed by atoms with Gasteiger partial charge in [0.05, 0.1) is 5.92 Å². The van der Waals surface area contributed by atoms with E-state index < -0.39 is 0 Å². The van der Waals surface area contributed by atoms with E-state index in [9.17, 15) is 4.79 Å². The van der Waals surface area contributed by atoms with E-state index >= 15 is 0 Å². The zero-order valence-electron chi connectivity index (χ0n) is 13.4. The Balaban J connectivity index is 0.00000144. The number of hydrogen-bond acceptors (Lipinski definition) is 4. The Morgan fingerprint density at radius 3 is 2.71 bits per heavy atom. The van der Waals surface area contributed by atoms with Crippen LogP contribution in [-0.2, 0) is 18.4 Å². The van der Waals surface area contributed by atoms with Gasteiger partial charge >= 0.3 is 0 Å². The maximum Gasteiger partial charge on any atom is 0.228 e. The summed E-state index contributed by atoms with van der Waals surface area (Å²) in [5.41, 5.74) is 0.793. The smallest absolute Gasteiger partial charge is 0.228 e. The molecule has 1 aromatic heterocycles. The zero-order valence-corrected chi connectivity index (χ0v) is 15.0. The highest BCUT2D eigenvalue weighted by atomic mass is 35.5. The summed E-state index contributed by atoms with van der Waals surface area (Å²) < 4.78 is 7.61. The van der Waals surface area contributed by atoms with Crippen molar-refractivity contribution in [1.82, 2.24) is 14.9 Å². The average Bonchev–Trinajstić information content (AvgIpc) is 3.18. The second kappa shape index (κ2) is 9.52. The maximum atomic E-state index is 12.0. The molecule has 2 N–H and O–H groups in total. The first kappa shape index (κ1) is 20.3. The van der Waals surface area contributed by atoms with Crippen molar-refractivity contribution in [1.29, 1.82) is 0 Å². The molecule has 132 valence electrons. The summed E-state index contributed by atoms with van der Waals surface area (Å²) in [6.07, 6.45) is 4.53. The van der Waals surface area contributed by atoms with Crippen molar-refractivity contribution >= 4 is 36.4 Å². The molecule has 1 aromatic carbocycles. The number of carbonyl (C=O) groups is 1. The number of ether oxygens (including phenoxy) is 1. The lowest BCUT2D eigenvalue weighted by Crippen LogP contribution is -2.24. The van der Waals surface area contributed by atoms with E-state index in [1.54, 1.807) is 6.20 Å². The molecule has 0 radical (unpaired) electrons. The number of amides is 1. The van der Waals surface area contributed by atoms with Gasteiger partial charge in [-0.05, 0) is 37.2 Å². The van der Waals surface area contributed by atoms with E-state index in [1.165, 1.54) is 0 Å². The maximum absolute atomic E-state index is 12.0. The van der Waals surface area contributed by atoms with Gasteiger partial charge in [-0.25, -0.2) is 4.98 Å².